The van der Waals surface area contributed by atoms with E-state index in [0.717, 1.165) is 4.90 Å². The van der Waals surface area contributed by atoms with Crippen molar-refractivity contribution >= 4 is 40.6 Å². The molecule has 2 aromatic rings. The average molecular weight is 337 g/mol. The molecule has 0 aliphatic rings. The largest absolute Gasteiger partial charge is 0.319 e. The number of nitro benzene ring substituents is 1. The Morgan fingerprint density at radius 3 is 2.50 bits per heavy atom. The first-order chi connectivity index (χ1) is 10.5. The second-order valence-electron chi connectivity index (χ2n) is 4.48. The van der Waals surface area contributed by atoms with Crippen LogP contribution in [-0.4, -0.2) is 16.1 Å². The monoisotopic (exact) mass is 336 g/mol. The normalized spacial score (nSPS) is 11.7. The van der Waals surface area contributed by atoms with Crippen LogP contribution in [0, 0.1) is 10.1 Å². The molecule has 22 heavy (non-hydrogen) atoms. The molecular weight excluding hydrogens is 324 g/mol. The molecule has 0 radical (unpaired) electrons. The first-order valence-electron chi connectivity index (χ1n) is 6.44. The smallest absolute Gasteiger partial charge is 0.292 e. The van der Waals surface area contributed by atoms with E-state index in [0.29, 0.717) is 5.02 Å². The molecule has 1 N–H and O–H groups in total. The van der Waals surface area contributed by atoms with Crippen molar-refractivity contribution in [1.82, 2.24) is 0 Å². The Balaban J connectivity index is 2.05. The molecular formula is C15H13ClN2O3S. The van der Waals surface area contributed by atoms with Crippen LogP contribution in [0.1, 0.15) is 6.92 Å². The lowest BCUT2D eigenvalue weighted by atomic mass is 10.2. The zero-order valence-corrected chi connectivity index (χ0v) is 13.2. The predicted molar refractivity (Wildman–Crippen MR) is 88.5 cm³/mol. The maximum atomic E-state index is 12.2. The van der Waals surface area contributed by atoms with E-state index in [9.17, 15) is 14.9 Å². The minimum Gasteiger partial charge on any atom is -0.319 e. The van der Waals surface area contributed by atoms with E-state index in [1.54, 1.807) is 31.2 Å². The molecule has 2 aromatic carbocycles. The summed E-state index contributed by atoms with van der Waals surface area (Å²) in [5.41, 5.74) is 0.0700. The first kappa shape index (κ1) is 16.3. The van der Waals surface area contributed by atoms with Crippen LogP contribution >= 0.6 is 23.4 Å². The van der Waals surface area contributed by atoms with Crippen molar-refractivity contribution in [2.45, 2.75) is 17.1 Å². The Labute approximate surface area is 136 Å². The van der Waals surface area contributed by atoms with Gasteiger partial charge in [-0.2, -0.15) is 0 Å². The van der Waals surface area contributed by atoms with Crippen molar-refractivity contribution in [3.8, 4) is 0 Å². The Kier molecular flexibility index (Phi) is 5.41. The lowest BCUT2D eigenvalue weighted by Gasteiger charge is -2.12. The molecule has 0 fully saturated rings. The highest BCUT2D eigenvalue weighted by atomic mass is 35.5. The van der Waals surface area contributed by atoms with Crippen LogP contribution in [0.5, 0.6) is 0 Å². The van der Waals surface area contributed by atoms with Gasteiger partial charge in [0.05, 0.1) is 10.2 Å². The van der Waals surface area contributed by atoms with E-state index in [4.69, 9.17) is 11.6 Å². The van der Waals surface area contributed by atoms with Crippen LogP contribution in [0.2, 0.25) is 5.02 Å². The third kappa shape index (κ3) is 4.22. The molecule has 0 saturated carbocycles. The summed E-state index contributed by atoms with van der Waals surface area (Å²) in [6.45, 7) is 1.74. The molecule has 0 spiro atoms. The molecule has 0 bridgehead atoms. The average Bonchev–Trinajstić information content (AvgIpc) is 2.49. The van der Waals surface area contributed by atoms with Crippen LogP contribution in [0.15, 0.2) is 53.4 Å². The number of hydrogen-bond acceptors (Lipinski definition) is 4. The van der Waals surface area contributed by atoms with Gasteiger partial charge in [0.2, 0.25) is 5.91 Å². The number of rotatable bonds is 5. The summed E-state index contributed by atoms with van der Waals surface area (Å²) < 4.78 is 0. The van der Waals surface area contributed by atoms with Crippen molar-refractivity contribution in [3.63, 3.8) is 0 Å². The number of thioether (sulfide) groups is 1. The fraction of sp³-hybridized carbons (Fsp3) is 0.133. The number of amides is 1. The van der Waals surface area contributed by atoms with E-state index in [2.05, 4.69) is 5.32 Å². The van der Waals surface area contributed by atoms with Crippen molar-refractivity contribution in [2.24, 2.45) is 0 Å². The van der Waals surface area contributed by atoms with Gasteiger partial charge in [0.15, 0.2) is 0 Å². The second kappa shape index (κ2) is 7.29. The van der Waals surface area contributed by atoms with Gasteiger partial charge in [0, 0.05) is 16.0 Å². The maximum absolute atomic E-state index is 12.2. The molecule has 2 rings (SSSR count). The van der Waals surface area contributed by atoms with Crippen LogP contribution < -0.4 is 5.32 Å². The quantitative estimate of drug-likeness (QED) is 0.500. The van der Waals surface area contributed by atoms with Crippen LogP contribution in [0.25, 0.3) is 0 Å². The summed E-state index contributed by atoms with van der Waals surface area (Å²) in [7, 11) is 0. The molecule has 0 heterocycles. The van der Waals surface area contributed by atoms with Crippen LogP contribution in [0.4, 0.5) is 11.4 Å². The SMILES string of the molecule is C[C@@H](Sc1ccc(Cl)cc1)C(=O)Nc1ccccc1[N+](=O)[O-]. The van der Waals surface area contributed by atoms with Gasteiger partial charge >= 0.3 is 0 Å². The van der Waals surface area contributed by atoms with Crippen molar-refractivity contribution in [3.05, 3.63) is 63.7 Å². The van der Waals surface area contributed by atoms with Crippen molar-refractivity contribution in [2.75, 3.05) is 5.32 Å². The number of nitrogens with zero attached hydrogens (tertiary/aromatic N) is 1. The zero-order chi connectivity index (χ0) is 16.1. The fourth-order valence-corrected chi connectivity index (χ4v) is 2.74. The molecule has 0 aromatic heterocycles. The molecule has 0 aliphatic carbocycles. The van der Waals surface area contributed by atoms with Gasteiger partial charge in [-0.25, -0.2) is 0 Å². The number of nitro groups is 1. The zero-order valence-electron chi connectivity index (χ0n) is 11.7. The summed E-state index contributed by atoms with van der Waals surface area (Å²) in [5, 5.41) is 13.8. The molecule has 7 heteroatoms. The lowest BCUT2D eigenvalue weighted by Crippen LogP contribution is -2.22. The minimum absolute atomic E-state index is 0.125. The highest BCUT2D eigenvalue weighted by Gasteiger charge is 2.19. The standard InChI is InChI=1S/C15H13ClN2O3S/c1-10(22-12-8-6-11(16)7-9-12)15(19)17-13-4-2-3-5-14(13)18(20)21/h2-10H,1H3,(H,17,19)/t10-/m1/s1. The van der Waals surface area contributed by atoms with Gasteiger partial charge in [-0.05, 0) is 37.3 Å². The number of carbonyl (C=O) groups is 1. The van der Waals surface area contributed by atoms with Gasteiger partial charge in [-0.15, -0.1) is 11.8 Å². The summed E-state index contributed by atoms with van der Waals surface area (Å²) in [5.74, 6) is -0.297. The van der Waals surface area contributed by atoms with E-state index in [1.165, 1.54) is 23.9 Å². The van der Waals surface area contributed by atoms with Gasteiger partial charge in [0.25, 0.3) is 5.69 Å². The molecule has 0 unspecified atom stereocenters. The summed E-state index contributed by atoms with van der Waals surface area (Å²) in [6.07, 6.45) is 0. The third-order valence-corrected chi connectivity index (χ3v) is 4.22. The lowest BCUT2D eigenvalue weighted by molar-refractivity contribution is -0.383. The highest BCUT2D eigenvalue weighted by molar-refractivity contribution is 8.00. The second-order valence-corrected chi connectivity index (χ2v) is 6.33. The molecule has 5 nitrogen and oxygen atoms in total. The number of benzene rings is 2. The van der Waals surface area contributed by atoms with Crippen molar-refractivity contribution in [1.29, 1.82) is 0 Å². The van der Waals surface area contributed by atoms with E-state index in [1.807, 2.05) is 12.1 Å². The van der Waals surface area contributed by atoms with Crippen LogP contribution in [0.3, 0.4) is 0 Å². The molecule has 114 valence electrons. The van der Waals surface area contributed by atoms with E-state index >= 15 is 0 Å². The van der Waals surface area contributed by atoms with E-state index < -0.39 is 10.2 Å². The summed E-state index contributed by atoms with van der Waals surface area (Å²) in [6, 6.07) is 13.2. The van der Waals surface area contributed by atoms with Crippen molar-refractivity contribution < 1.29 is 9.72 Å². The van der Waals surface area contributed by atoms with Crippen LogP contribution in [-0.2, 0) is 4.79 Å². The molecule has 1 atom stereocenters. The molecule has 0 aliphatic heterocycles. The Bertz CT molecular complexity index is 691. The highest BCUT2D eigenvalue weighted by Crippen LogP contribution is 2.27. The number of carbonyl (C=O) groups excluding carboxylic acids is 1. The number of halogens is 1. The minimum atomic E-state index is -0.521. The topological polar surface area (TPSA) is 72.2 Å². The maximum Gasteiger partial charge on any atom is 0.292 e. The number of hydrogen-bond donors (Lipinski definition) is 1. The first-order valence-corrected chi connectivity index (χ1v) is 7.69. The van der Waals surface area contributed by atoms with Gasteiger partial charge in [0.1, 0.15) is 5.69 Å². The number of anilines is 1. The number of nitrogens with one attached hydrogen (secondary N) is 1. The Hall–Kier alpha value is -2.05. The van der Waals surface area contributed by atoms with Gasteiger partial charge in [-0.3, -0.25) is 14.9 Å². The van der Waals surface area contributed by atoms with Gasteiger partial charge < -0.3 is 5.32 Å². The Morgan fingerprint density at radius 2 is 1.86 bits per heavy atom. The summed E-state index contributed by atoms with van der Waals surface area (Å²) >= 11 is 7.17. The molecule has 1 amide bonds. The Morgan fingerprint density at radius 1 is 1.23 bits per heavy atom. The summed E-state index contributed by atoms with van der Waals surface area (Å²) in [4.78, 5) is 23.5. The third-order valence-electron chi connectivity index (χ3n) is 2.85. The van der Waals surface area contributed by atoms with Gasteiger partial charge in [-0.1, -0.05) is 23.7 Å². The van der Waals surface area contributed by atoms with E-state index in [-0.39, 0.29) is 17.3 Å². The molecule has 0 saturated heterocycles. The number of para-hydroxylation sites is 2. The predicted octanol–water partition coefficient (Wildman–Crippen LogP) is 4.37. The fourth-order valence-electron chi connectivity index (χ4n) is 1.74.